The first-order valence-corrected chi connectivity index (χ1v) is 9.05. The second kappa shape index (κ2) is 4.95. The number of rotatable bonds is 2. The van der Waals surface area contributed by atoms with E-state index in [0.29, 0.717) is 12.2 Å². The number of hydrogen-bond donors (Lipinski definition) is 1. The van der Waals surface area contributed by atoms with Crippen molar-refractivity contribution in [3.05, 3.63) is 23.8 Å². The van der Waals surface area contributed by atoms with E-state index in [-0.39, 0.29) is 5.75 Å². The summed E-state index contributed by atoms with van der Waals surface area (Å²) < 4.78 is 29.9. The average molecular weight is 295 g/mol. The molecule has 0 bridgehead atoms. The Labute approximate surface area is 120 Å². The third-order valence-electron chi connectivity index (χ3n) is 4.09. The second-order valence-corrected chi connectivity index (χ2v) is 8.24. The van der Waals surface area contributed by atoms with Crippen LogP contribution in [0.15, 0.2) is 18.2 Å². The summed E-state index contributed by atoms with van der Waals surface area (Å²) in [6, 6.07) is 5.98. The molecule has 1 fully saturated rings. The topological polar surface area (TPSA) is 55.4 Å². The van der Waals surface area contributed by atoms with Gasteiger partial charge in [0.05, 0.1) is 11.5 Å². The molecule has 1 saturated heterocycles. The van der Waals surface area contributed by atoms with E-state index in [1.165, 1.54) is 5.56 Å². The van der Waals surface area contributed by atoms with Gasteiger partial charge >= 0.3 is 0 Å². The minimum Gasteiger partial charge on any atom is -0.486 e. The minimum atomic E-state index is -2.97. The Hall–Kier alpha value is -1.23. The van der Waals surface area contributed by atoms with Crippen molar-refractivity contribution in [3.63, 3.8) is 0 Å². The Kier molecular flexibility index (Phi) is 3.40. The summed E-state index contributed by atoms with van der Waals surface area (Å²) in [7, 11) is -2.97. The van der Waals surface area contributed by atoms with Gasteiger partial charge in [0.15, 0.2) is 9.84 Å². The van der Waals surface area contributed by atoms with Crippen LogP contribution in [0.25, 0.3) is 0 Å². The molecule has 0 saturated carbocycles. The average Bonchev–Trinajstić information content (AvgIpc) is 2.37. The monoisotopic (exact) mass is 295 g/mol. The van der Waals surface area contributed by atoms with E-state index in [4.69, 9.17) is 4.74 Å². The lowest BCUT2D eigenvalue weighted by Crippen LogP contribution is -2.44. The third kappa shape index (κ3) is 2.77. The van der Waals surface area contributed by atoms with Crippen molar-refractivity contribution >= 4 is 15.5 Å². The van der Waals surface area contributed by atoms with Crippen LogP contribution in [0.5, 0.6) is 5.75 Å². The molecule has 1 N–H and O–H groups in total. The summed E-state index contributed by atoms with van der Waals surface area (Å²) >= 11 is 0. The van der Waals surface area contributed by atoms with Crippen LogP contribution < -0.4 is 10.1 Å². The summed E-state index contributed by atoms with van der Waals surface area (Å²) in [5.74, 6) is 1.26. The molecule has 20 heavy (non-hydrogen) atoms. The Balaban J connectivity index is 1.87. The minimum absolute atomic E-state index is 0.122. The van der Waals surface area contributed by atoms with Gasteiger partial charge in [0, 0.05) is 17.8 Å². The molecule has 5 heteroatoms. The smallest absolute Gasteiger partial charge is 0.154 e. The predicted octanol–water partition coefficient (Wildman–Crippen LogP) is 2.39. The zero-order valence-electron chi connectivity index (χ0n) is 11.8. The van der Waals surface area contributed by atoms with Crippen LogP contribution in [0.3, 0.4) is 0 Å². The van der Waals surface area contributed by atoms with Gasteiger partial charge in [0.2, 0.25) is 0 Å². The number of benzene rings is 1. The van der Waals surface area contributed by atoms with E-state index in [9.17, 15) is 8.42 Å². The van der Waals surface area contributed by atoms with Crippen LogP contribution in [0.1, 0.15) is 31.7 Å². The highest BCUT2D eigenvalue weighted by atomic mass is 32.2. The summed E-state index contributed by atoms with van der Waals surface area (Å²) in [6.07, 6.45) is 3.55. The molecule has 1 unspecified atom stereocenters. The van der Waals surface area contributed by atoms with Gasteiger partial charge in [-0.3, -0.25) is 0 Å². The molecule has 110 valence electrons. The molecular formula is C15H21NO3S. The van der Waals surface area contributed by atoms with E-state index < -0.39 is 15.4 Å². The number of hydrogen-bond acceptors (Lipinski definition) is 4. The van der Waals surface area contributed by atoms with Crippen molar-refractivity contribution < 1.29 is 13.2 Å². The number of nitrogens with one attached hydrogen (secondary N) is 1. The summed E-state index contributed by atoms with van der Waals surface area (Å²) in [6.45, 7) is 2.90. The van der Waals surface area contributed by atoms with Crippen LogP contribution in [0.4, 0.5) is 5.69 Å². The first kappa shape index (κ1) is 13.7. The largest absolute Gasteiger partial charge is 0.486 e. The lowest BCUT2D eigenvalue weighted by Gasteiger charge is -2.35. The quantitative estimate of drug-likeness (QED) is 0.910. The summed E-state index contributed by atoms with van der Waals surface area (Å²) in [5.41, 5.74) is 1.71. The van der Waals surface area contributed by atoms with Crippen LogP contribution in [0.2, 0.25) is 0 Å². The molecule has 0 aliphatic carbocycles. The molecule has 0 radical (unpaired) electrons. The Morgan fingerprint density at radius 3 is 2.95 bits per heavy atom. The molecule has 2 heterocycles. The van der Waals surface area contributed by atoms with E-state index in [1.807, 2.05) is 19.1 Å². The molecule has 0 aromatic heterocycles. The summed E-state index contributed by atoms with van der Waals surface area (Å²) in [5, 5.41) is 3.37. The Morgan fingerprint density at radius 1 is 1.30 bits per heavy atom. The van der Waals surface area contributed by atoms with Crippen LogP contribution in [-0.2, 0) is 16.3 Å². The maximum atomic E-state index is 11.9. The molecule has 1 aromatic rings. The predicted molar refractivity (Wildman–Crippen MR) is 80.2 cm³/mol. The van der Waals surface area contributed by atoms with Crippen molar-refractivity contribution in [2.75, 3.05) is 23.4 Å². The standard InChI is InChI=1S/C15H21NO3S/c1-15(8-4-10-20(17,18)11-15)19-14-7-2-6-13-12(14)5-3-9-16-13/h2,6-7,16H,3-5,8-11H2,1H3. The highest BCUT2D eigenvalue weighted by Crippen LogP contribution is 2.35. The van der Waals surface area contributed by atoms with Crippen LogP contribution in [0, 0.1) is 0 Å². The van der Waals surface area contributed by atoms with E-state index in [2.05, 4.69) is 11.4 Å². The summed E-state index contributed by atoms with van der Waals surface area (Å²) in [4.78, 5) is 0. The lowest BCUT2D eigenvalue weighted by atomic mass is 9.99. The molecule has 0 spiro atoms. The molecule has 1 atom stereocenters. The number of anilines is 1. The molecule has 1 aromatic carbocycles. The zero-order valence-corrected chi connectivity index (χ0v) is 12.6. The molecule has 2 aliphatic rings. The van der Waals surface area contributed by atoms with Crippen molar-refractivity contribution in [1.82, 2.24) is 0 Å². The molecular weight excluding hydrogens is 274 g/mol. The van der Waals surface area contributed by atoms with Gasteiger partial charge in [0.1, 0.15) is 11.4 Å². The third-order valence-corrected chi connectivity index (χ3v) is 6.06. The molecule has 0 amide bonds. The van der Waals surface area contributed by atoms with Gasteiger partial charge < -0.3 is 10.1 Å². The van der Waals surface area contributed by atoms with Crippen molar-refractivity contribution in [2.24, 2.45) is 0 Å². The van der Waals surface area contributed by atoms with E-state index in [1.54, 1.807) is 0 Å². The second-order valence-electron chi connectivity index (χ2n) is 6.06. The number of fused-ring (bicyclic) bond motifs is 1. The SMILES string of the molecule is CC1(Oc2cccc3c2CCCN3)CCCS(=O)(=O)C1. The van der Waals surface area contributed by atoms with Gasteiger partial charge in [-0.2, -0.15) is 0 Å². The van der Waals surface area contributed by atoms with Gasteiger partial charge in [-0.05, 0) is 44.7 Å². The number of sulfone groups is 1. The van der Waals surface area contributed by atoms with Crippen LogP contribution in [-0.4, -0.2) is 32.1 Å². The fraction of sp³-hybridized carbons (Fsp3) is 0.600. The maximum absolute atomic E-state index is 11.9. The molecule has 3 rings (SSSR count). The fourth-order valence-corrected chi connectivity index (χ4v) is 5.06. The molecule has 4 nitrogen and oxygen atoms in total. The Morgan fingerprint density at radius 2 is 2.15 bits per heavy atom. The van der Waals surface area contributed by atoms with Gasteiger partial charge in [0.25, 0.3) is 0 Å². The maximum Gasteiger partial charge on any atom is 0.154 e. The van der Waals surface area contributed by atoms with Crippen molar-refractivity contribution in [1.29, 1.82) is 0 Å². The van der Waals surface area contributed by atoms with Crippen molar-refractivity contribution in [2.45, 2.75) is 38.2 Å². The molecule has 2 aliphatic heterocycles. The first-order valence-electron chi connectivity index (χ1n) is 7.23. The number of ether oxygens (including phenoxy) is 1. The highest BCUT2D eigenvalue weighted by Gasteiger charge is 2.37. The lowest BCUT2D eigenvalue weighted by molar-refractivity contribution is 0.0964. The van der Waals surface area contributed by atoms with Gasteiger partial charge in [-0.1, -0.05) is 6.07 Å². The van der Waals surface area contributed by atoms with E-state index >= 15 is 0 Å². The van der Waals surface area contributed by atoms with E-state index in [0.717, 1.165) is 37.2 Å². The Bertz CT molecular complexity index is 612. The van der Waals surface area contributed by atoms with Gasteiger partial charge in [-0.15, -0.1) is 0 Å². The fourth-order valence-electron chi connectivity index (χ4n) is 3.19. The zero-order chi connectivity index (χ0) is 14.2. The first-order chi connectivity index (χ1) is 9.48. The highest BCUT2D eigenvalue weighted by molar-refractivity contribution is 7.91. The van der Waals surface area contributed by atoms with Gasteiger partial charge in [-0.25, -0.2) is 8.42 Å². The van der Waals surface area contributed by atoms with Crippen LogP contribution >= 0.6 is 0 Å². The normalized spacial score (nSPS) is 28.2. The van der Waals surface area contributed by atoms with Crippen molar-refractivity contribution in [3.8, 4) is 5.75 Å².